The lowest BCUT2D eigenvalue weighted by Crippen LogP contribution is -2.48. The van der Waals surface area contributed by atoms with E-state index < -0.39 is 35.8 Å². The zero-order valence-electron chi connectivity index (χ0n) is 19.4. The lowest BCUT2D eigenvalue weighted by molar-refractivity contribution is -0.170. The Morgan fingerprint density at radius 2 is 1.53 bits per heavy atom. The third-order valence-electron chi connectivity index (χ3n) is 4.08. The van der Waals surface area contributed by atoms with Gasteiger partial charge in [0.25, 0.3) is 0 Å². The fourth-order valence-corrected chi connectivity index (χ4v) is 2.57. The number of hydrogen-bond acceptors (Lipinski definition) is 6. The highest BCUT2D eigenvalue weighted by molar-refractivity contribution is 5.84. The van der Waals surface area contributed by atoms with Gasteiger partial charge in [-0.25, -0.2) is 14.4 Å². The number of benzene rings is 1. The predicted molar refractivity (Wildman–Crippen MR) is 114 cm³/mol. The Morgan fingerprint density at radius 3 is 2.03 bits per heavy atom. The highest BCUT2D eigenvalue weighted by Gasteiger charge is 2.36. The molecule has 1 amide bonds. The smallest absolute Gasteiger partial charge is 0.410 e. The number of amides is 1. The zero-order chi connectivity index (χ0) is 23.1. The van der Waals surface area contributed by atoms with Crippen molar-refractivity contribution in [2.45, 2.75) is 79.2 Å². The van der Waals surface area contributed by atoms with Gasteiger partial charge in [0.2, 0.25) is 0 Å². The standard InChI is InChI=1S/C23H35NO6/c1-16(19(25)28-15-17-12-10-9-11-13-17)29-20(26)18(14-22(2,3)4)24(8)21(27)30-23(5,6)7/h9-13,16,18H,14-15H2,1-8H3/t16-,18+/m1/s1. The molecule has 30 heavy (non-hydrogen) atoms. The van der Waals surface area contributed by atoms with E-state index in [1.54, 1.807) is 20.8 Å². The molecule has 0 spiro atoms. The molecule has 0 aliphatic carbocycles. The monoisotopic (exact) mass is 421 g/mol. The summed E-state index contributed by atoms with van der Waals surface area (Å²) in [6.07, 6.45) is -1.39. The van der Waals surface area contributed by atoms with Crippen molar-refractivity contribution < 1.29 is 28.6 Å². The molecule has 7 nitrogen and oxygen atoms in total. The van der Waals surface area contributed by atoms with Gasteiger partial charge in [-0.15, -0.1) is 0 Å². The summed E-state index contributed by atoms with van der Waals surface area (Å²) in [4.78, 5) is 38.8. The van der Waals surface area contributed by atoms with Crippen LogP contribution in [-0.4, -0.2) is 47.7 Å². The van der Waals surface area contributed by atoms with Crippen molar-refractivity contribution in [2.24, 2.45) is 5.41 Å². The van der Waals surface area contributed by atoms with E-state index in [0.717, 1.165) is 5.56 Å². The van der Waals surface area contributed by atoms with Gasteiger partial charge in [0.05, 0.1) is 0 Å². The average Bonchev–Trinajstić information content (AvgIpc) is 2.62. The summed E-state index contributed by atoms with van der Waals surface area (Å²) in [5.74, 6) is -1.33. The van der Waals surface area contributed by atoms with E-state index in [9.17, 15) is 14.4 Å². The molecular weight excluding hydrogens is 386 g/mol. The second-order valence-corrected chi connectivity index (χ2v) is 9.54. The number of nitrogens with zero attached hydrogens (tertiary/aromatic N) is 1. The first-order valence-corrected chi connectivity index (χ1v) is 10.1. The van der Waals surface area contributed by atoms with E-state index in [4.69, 9.17) is 14.2 Å². The number of carbonyl (C=O) groups is 3. The normalized spacial score (nSPS) is 13.7. The topological polar surface area (TPSA) is 82.1 Å². The van der Waals surface area contributed by atoms with E-state index in [2.05, 4.69) is 0 Å². The first-order valence-electron chi connectivity index (χ1n) is 10.1. The molecule has 1 aromatic carbocycles. The largest absolute Gasteiger partial charge is 0.458 e. The second-order valence-electron chi connectivity index (χ2n) is 9.54. The molecule has 7 heteroatoms. The molecule has 168 valence electrons. The summed E-state index contributed by atoms with van der Waals surface area (Å²) < 4.78 is 15.9. The Bertz CT molecular complexity index is 717. The van der Waals surface area contributed by atoms with Gasteiger partial charge < -0.3 is 14.2 Å². The molecule has 0 aliphatic rings. The maximum absolute atomic E-state index is 12.8. The van der Waals surface area contributed by atoms with Crippen LogP contribution in [0.2, 0.25) is 0 Å². The van der Waals surface area contributed by atoms with Crippen molar-refractivity contribution in [3.63, 3.8) is 0 Å². The molecule has 0 unspecified atom stereocenters. The van der Waals surface area contributed by atoms with Crippen LogP contribution in [0.5, 0.6) is 0 Å². The van der Waals surface area contributed by atoms with Crippen molar-refractivity contribution in [3.05, 3.63) is 35.9 Å². The van der Waals surface area contributed by atoms with Crippen LogP contribution in [0.3, 0.4) is 0 Å². The molecule has 1 rings (SSSR count). The highest BCUT2D eigenvalue weighted by atomic mass is 16.6. The van der Waals surface area contributed by atoms with Crippen LogP contribution in [0.4, 0.5) is 4.79 Å². The number of carbonyl (C=O) groups excluding carboxylic acids is 3. The van der Waals surface area contributed by atoms with Gasteiger partial charge in [0, 0.05) is 7.05 Å². The van der Waals surface area contributed by atoms with Crippen LogP contribution in [0.25, 0.3) is 0 Å². The first kappa shape index (κ1) is 25.5. The third-order valence-corrected chi connectivity index (χ3v) is 4.08. The van der Waals surface area contributed by atoms with Crippen molar-refractivity contribution in [1.82, 2.24) is 4.90 Å². The molecule has 0 bridgehead atoms. The Kier molecular flexibility index (Phi) is 8.88. The van der Waals surface area contributed by atoms with Gasteiger partial charge in [-0.1, -0.05) is 51.1 Å². The van der Waals surface area contributed by atoms with Gasteiger partial charge in [-0.3, -0.25) is 4.90 Å². The summed E-state index contributed by atoms with van der Waals surface area (Å²) >= 11 is 0. The quantitative estimate of drug-likeness (QED) is 0.481. The number of hydrogen-bond donors (Lipinski definition) is 0. The second kappa shape index (κ2) is 10.5. The van der Waals surface area contributed by atoms with Crippen LogP contribution in [0, 0.1) is 5.41 Å². The first-order chi connectivity index (χ1) is 13.7. The molecule has 0 heterocycles. The van der Waals surface area contributed by atoms with Crippen LogP contribution < -0.4 is 0 Å². The lowest BCUT2D eigenvalue weighted by Gasteiger charge is -2.33. The fraction of sp³-hybridized carbons (Fsp3) is 0.609. The molecule has 0 fully saturated rings. The highest BCUT2D eigenvalue weighted by Crippen LogP contribution is 2.25. The van der Waals surface area contributed by atoms with Gasteiger partial charge in [0.15, 0.2) is 6.10 Å². The van der Waals surface area contributed by atoms with Crippen LogP contribution in [0.15, 0.2) is 30.3 Å². The number of likely N-dealkylation sites (N-methyl/N-ethyl adjacent to an activating group) is 1. The van der Waals surface area contributed by atoms with Gasteiger partial charge in [-0.2, -0.15) is 0 Å². The van der Waals surface area contributed by atoms with Crippen LogP contribution >= 0.6 is 0 Å². The number of esters is 2. The van der Waals surface area contributed by atoms with E-state index in [-0.39, 0.29) is 12.0 Å². The van der Waals surface area contributed by atoms with Crippen molar-refractivity contribution >= 4 is 18.0 Å². The Labute approximate surface area is 179 Å². The molecule has 0 aliphatic heterocycles. The summed E-state index contributed by atoms with van der Waals surface area (Å²) in [6.45, 7) is 12.6. The zero-order valence-corrected chi connectivity index (χ0v) is 19.4. The third kappa shape index (κ3) is 9.29. The van der Waals surface area contributed by atoms with Gasteiger partial charge in [-0.05, 0) is 45.1 Å². The SMILES string of the molecule is C[C@@H](OC(=O)[C@H](CC(C)(C)C)N(C)C(=O)OC(C)(C)C)C(=O)OCc1ccccc1. The van der Waals surface area contributed by atoms with Crippen LogP contribution in [-0.2, 0) is 30.4 Å². The average molecular weight is 422 g/mol. The van der Waals surface area contributed by atoms with Crippen molar-refractivity contribution in [2.75, 3.05) is 7.05 Å². The minimum atomic E-state index is -1.10. The maximum atomic E-state index is 12.8. The predicted octanol–water partition coefficient (Wildman–Crippen LogP) is 4.33. The lowest BCUT2D eigenvalue weighted by atomic mass is 9.87. The summed E-state index contributed by atoms with van der Waals surface area (Å²) in [5.41, 5.74) is -0.132. The molecule has 0 saturated heterocycles. The van der Waals surface area contributed by atoms with E-state index in [0.29, 0.717) is 6.42 Å². The van der Waals surface area contributed by atoms with Gasteiger partial charge >= 0.3 is 18.0 Å². The molecule has 1 aromatic rings. The molecule has 0 radical (unpaired) electrons. The Hall–Kier alpha value is -2.57. The summed E-state index contributed by atoms with van der Waals surface area (Å²) in [5, 5.41) is 0. The van der Waals surface area contributed by atoms with E-state index in [1.165, 1.54) is 18.9 Å². The molecule has 0 saturated carbocycles. The molecular formula is C23H35NO6. The number of rotatable bonds is 7. The molecule has 2 atom stereocenters. The minimum absolute atomic E-state index is 0.0881. The van der Waals surface area contributed by atoms with Crippen molar-refractivity contribution in [1.29, 1.82) is 0 Å². The Balaban J connectivity index is 2.80. The van der Waals surface area contributed by atoms with Gasteiger partial charge in [0.1, 0.15) is 18.2 Å². The number of ether oxygens (including phenoxy) is 3. The van der Waals surface area contributed by atoms with Crippen LogP contribution in [0.1, 0.15) is 60.5 Å². The minimum Gasteiger partial charge on any atom is -0.458 e. The fourth-order valence-electron chi connectivity index (χ4n) is 2.57. The summed E-state index contributed by atoms with van der Waals surface area (Å²) in [7, 11) is 1.49. The molecule has 0 aromatic heterocycles. The maximum Gasteiger partial charge on any atom is 0.410 e. The Morgan fingerprint density at radius 1 is 0.967 bits per heavy atom. The van der Waals surface area contributed by atoms with E-state index >= 15 is 0 Å². The summed E-state index contributed by atoms with van der Waals surface area (Å²) in [6, 6.07) is 8.32. The van der Waals surface area contributed by atoms with Crippen molar-refractivity contribution in [3.8, 4) is 0 Å². The van der Waals surface area contributed by atoms with E-state index in [1.807, 2.05) is 51.1 Å². The molecule has 0 N–H and O–H groups in total.